The SMILES string of the molecule is CC(C)OCCCCNCC(O)c1ccc(C#N)cc1. The lowest BCUT2D eigenvalue weighted by atomic mass is 10.1. The Kier molecular flexibility index (Phi) is 7.89. The van der Waals surface area contributed by atoms with E-state index in [1.54, 1.807) is 24.3 Å². The molecule has 0 saturated heterocycles. The van der Waals surface area contributed by atoms with Gasteiger partial charge in [0.25, 0.3) is 0 Å². The molecule has 4 heteroatoms. The molecule has 1 aromatic rings. The molecule has 1 rings (SSSR count). The first-order valence-corrected chi connectivity index (χ1v) is 7.14. The van der Waals surface area contributed by atoms with Gasteiger partial charge in [-0.15, -0.1) is 0 Å². The number of hydrogen-bond donors (Lipinski definition) is 2. The average Bonchev–Trinajstić information content (AvgIpc) is 2.45. The summed E-state index contributed by atoms with van der Waals surface area (Å²) in [5.41, 5.74) is 1.44. The molecular formula is C16H24N2O2. The zero-order valence-corrected chi connectivity index (χ0v) is 12.3. The van der Waals surface area contributed by atoms with Crippen LogP contribution in [0.5, 0.6) is 0 Å². The highest BCUT2D eigenvalue weighted by Crippen LogP contribution is 2.12. The lowest BCUT2D eigenvalue weighted by molar-refractivity contribution is 0.0759. The number of nitrogens with one attached hydrogen (secondary N) is 1. The summed E-state index contributed by atoms with van der Waals surface area (Å²) in [6, 6.07) is 9.10. The second-order valence-corrected chi connectivity index (χ2v) is 5.08. The molecule has 0 amide bonds. The van der Waals surface area contributed by atoms with Crippen LogP contribution in [0.3, 0.4) is 0 Å². The number of aliphatic hydroxyl groups excluding tert-OH is 1. The van der Waals surface area contributed by atoms with Crippen LogP contribution in [0.15, 0.2) is 24.3 Å². The number of nitrogens with zero attached hydrogens (tertiary/aromatic N) is 1. The van der Waals surface area contributed by atoms with Gasteiger partial charge in [-0.3, -0.25) is 0 Å². The van der Waals surface area contributed by atoms with Gasteiger partial charge < -0.3 is 15.2 Å². The first-order valence-electron chi connectivity index (χ1n) is 7.14. The third-order valence-electron chi connectivity index (χ3n) is 2.96. The summed E-state index contributed by atoms with van der Waals surface area (Å²) in [5, 5.41) is 21.9. The van der Waals surface area contributed by atoms with Crippen molar-refractivity contribution in [2.45, 2.75) is 38.9 Å². The number of benzene rings is 1. The largest absolute Gasteiger partial charge is 0.387 e. The van der Waals surface area contributed by atoms with E-state index in [2.05, 4.69) is 11.4 Å². The molecule has 1 atom stereocenters. The van der Waals surface area contributed by atoms with Crippen LogP contribution in [-0.2, 0) is 4.74 Å². The van der Waals surface area contributed by atoms with E-state index in [-0.39, 0.29) is 0 Å². The number of unbranched alkanes of at least 4 members (excludes halogenated alkanes) is 1. The van der Waals surface area contributed by atoms with Crippen molar-refractivity contribution in [3.05, 3.63) is 35.4 Å². The maximum absolute atomic E-state index is 9.99. The van der Waals surface area contributed by atoms with Crippen LogP contribution in [0.25, 0.3) is 0 Å². The molecule has 0 heterocycles. The predicted molar refractivity (Wildman–Crippen MR) is 79.3 cm³/mol. The molecule has 0 aromatic heterocycles. The van der Waals surface area contributed by atoms with Gasteiger partial charge in [0.05, 0.1) is 23.8 Å². The first kappa shape index (κ1) is 16.6. The van der Waals surface area contributed by atoms with Crippen LogP contribution in [0, 0.1) is 11.3 Å². The Morgan fingerprint density at radius 1 is 1.25 bits per heavy atom. The Balaban J connectivity index is 2.13. The average molecular weight is 276 g/mol. The second kappa shape index (κ2) is 9.49. The van der Waals surface area contributed by atoms with Gasteiger partial charge in [-0.05, 0) is 50.9 Å². The van der Waals surface area contributed by atoms with Crippen LogP contribution >= 0.6 is 0 Å². The van der Waals surface area contributed by atoms with E-state index in [4.69, 9.17) is 10.00 Å². The van der Waals surface area contributed by atoms with Gasteiger partial charge in [0.2, 0.25) is 0 Å². The predicted octanol–water partition coefficient (Wildman–Crippen LogP) is 2.39. The molecule has 0 aliphatic rings. The second-order valence-electron chi connectivity index (χ2n) is 5.08. The number of ether oxygens (including phenoxy) is 1. The summed E-state index contributed by atoms with van der Waals surface area (Å²) in [5.74, 6) is 0. The van der Waals surface area contributed by atoms with E-state index >= 15 is 0 Å². The van der Waals surface area contributed by atoms with Crippen LogP contribution < -0.4 is 5.32 Å². The van der Waals surface area contributed by atoms with Gasteiger partial charge in [0.1, 0.15) is 0 Å². The molecule has 0 spiro atoms. The fourth-order valence-electron chi connectivity index (χ4n) is 1.81. The minimum atomic E-state index is -0.533. The lowest BCUT2D eigenvalue weighted by Gasteiger charge is -2.12. The number of aliphatic hydroxyl groups is 1. The van der Waals surface area contributed by atoms with Gasteiger partial charge in [0, 0.05) is 13.2 Å². The third-order valence-corrected chi connectivity index (χ3v) is 2.96. The summed E-state index contributed by atoms with van der Waals surface area (Å²) < 4.78 is 5.46. The topological polar surface area (TPSA) is 65.3 Å². The first-order chi connectivity index (χ1) is 9.63. The highest BCUT2D eigenvalue weighted by atomic mass is 16.5. The zero-order valence-electron chi connectivity index (χ0n) is 12.3. The molecule has 110 valence electrons. The molecule has 0 aliphatic carbocycles. The minimum absolute atomic E-state index is 0.293. The van der Waals surface area contributed by atoms with Crippen molar-refractivity contribution in [1.82, 2.24) is 5.32 Å². The molecular weight excluding hydrogens is 252 g/mol. The molecule has 0 saturated carbocycles. The highest BCUT2D eigenvalue weighted by Gasteiger charge is 2.06. The fourth-order valence-corrected chi connectivity index (χ4v) is 1.81. The smallest absolute Gasteiger partial charge is 0.0991 e. The van der Waals surface area contributed by atoms with E-state index in [1.165, 1.54) is 0 Å². The number of rotatable bonds is 9. The molecule has 1 aromatic carbocycles. The zero-order chi connectivity index (χ0) is 14.8. The van der Waals surface area contributed by atoms with Gasteiger partial charge in [-0.25, -0.2) is 0 Å². The summed E-state index contributed by atoms with van der Waals surface area (Å²) in [7, 11) is 0. The maximum Gasteiger partial charge on any atom is 0.0991 e. The summed E-state index contributed by atoms with van der Waals surface area (Å²) >= 11 is 0. The fraction of sp³-hybridized carbons (Fsp3) is 0.562. The van der Waals surface area contributed by atoms with E-state index in [9.17, 15) is 5.11 Å². The van der Waals surface area contributed by atoms with Crippen LogP contribution in [-0.4, -0.2) is 30.9 Å². The van der Waals surface area contributed by atoms with Crippen molar-refractivity contribution in [2.24, 2.45) is 0 Å². The number of hydrogen-bond acceptors (Lipinski definition) is 4. The summed E-state index contributed by atoms with van der Waals surface area (Å²) in [6.07, 6.45) is 1.82. The lowest BCUT2D eigenvalue weighted by Crippen LogP contribution is -2.22. The van der Waals surface area contributed by atoms with E-state index in [0.29, 0.717) is 18.2 Å². The Labute approximate surface area is 121 Å². The van der Waals surface area contributed by atoms with Crippen molar-refractivity contribution in [3.63, 3.8) is 0 Å². The molecule has 1 unspecified atom stereocenters. The standard InChI is InChI=1S/C16H24N2O2/c1-13(2)20-10-4-3-9-18-12-16(19)15-7-5-14(11-17)6-8-15/h5-8,13,16,18-19H,3-4,9-10,12H2,1-2H3. The van der Waals surface area contributed by atoms with E-state index in [1.807, 2.05) is 13.8 Å². The van der Waals surface area contributed by atoms with Crippen LogP contribution in [0.2, 0.25) is 0 Å². The summed E-state index contributed by atoms with van der Waals surface area (Å²) in [6.45, 7) is 6.25. The van der Waals surface area contributed by atoms with E-state index in [0.717, 1.165) is 31.6 Å². The van der Waals surface area contributed by atoms with Crippen LogP contribution in [0.4, 0.5) is 0 Å². The van der Waals surface area contributed by atoms with Crippen molar-refractivity contribution < 1.29 is 9.84 Å². The van der Waals surface area contributed by atoms with E-state index < -0.39 is 6.10 Å². The number of nitriles is 1. The van der Waals surface area contributed by atoms with Gasteiger partial charge >= 0.3 is 0 Å². The van der Waals surface area contributed by atoms with Gasteiger partial charge in [-0.2, -0.15) is 5.26 Å². The van der Waals surface area contributed by atoms with Crippen LogP contribution in [0.1, 0.15) is 43.9 Å². The maximum atomic E-state index is 9.99. The van der Waals surface area contributed by atoms with Crippen molar-refractivity contribution in [1.29, 1.82) is 5.26 Å². The monoisotopic (exact) mass is 276 g/mol. The van der Waals surface area contributed by atoms with Gasteiger partial charge in [0.15, 0.2) is 0 Å². The molecule has 0 bridgehead atoms. The molecule has 4 nitrogen and oxygen atoms in total. The van der Waals surface area contributed by atoms with Crippen molar-refractivity contribution in [2.75, 3.05) is 19.7 Å². The minimum Gasteiger partial charge on any atom is -0.387 e. The van der Waals surface area contributed by atoms with Crippen molar-refractivity contribution in [3.8, 4) is 6.07 Å². The third kappa shape index (κ3) is 6.67. The summed E-state index contributed by atoms with van der Waals surface area (Å²) in [4.78, 5) is 0. The normalized spacial score (nSPS) is 12.3. The molecule has 20 heavy (non-hydrogen) atoms. The Morgan fingerprint density at radius 2 is 1.95 bits per heavy atom. The van der Waals surface area contributed by atoms with Crippen molar-refractivity contribution >= 4 is 0 Å². The highest BCUT2D eigenvalue weighted by molar-refractivity contribution is 5.32. The Hall–Kier alpha value is -1.41. The molecule has 0 fully saturated rings. The van der Waals surface area contributed by atoms with Gasteiger partial charge in [-0.1, -0.05) is 12.1 Å². The Bertz CT molecular complexity index is 409. The quantitative estimate of drug-likeness (QED) is 0.680. The molecule has 2 N–H and O–H groups in total. The Morgan fingerprint density at radius 3 is 2.55 bits per heavy atom. The molecule has 0 aliphatic heterocycles. The molecule has 0 radical (unpaired) electrons.